The van der Waals surface area contributed by atoms with Gasteiger partial charge >= 0.3 is 0 Å². The Kier molecular flexibility index (Phi) is 5.72. The first-order valence-electron chi connectivity index (χ1n) is 8.15. The molecule has 1 aliphatic rings. The summed E-state index contributed by atoms with van der Waals surface area (Å²) in [6.07, 6.45) is 1.56. The third-order valence-corrected chi connectivity index (χ3v) is 4.35. The number of nitrogens with zero attached hydrogens (tertiary/aromatic N) is 1. The number of hydrogen-bond donors (Lipinski definition) is 1. The van der Waals surface area contributed by atoms with Gasteiger partial charge in [-0.3, -0.25) is 4.90 Å². The Morgan fingerprint density at radius 2 is 1.88 bits per heavy atom. The average Bonchev–Trinajstić information content (AvgIpc) is 3.41. The maximum absolute atomic E-state index is 13.8. The summed E-state index contributed by atoms with van der Waals surface area (Å²) in [5.41, 5.74) is 0.662. The third-order valence-electron chi connectivity index (χ3n) is 4.10. The van der Waals surface area contributed by atoms with Gasteiger partial charge in [-0.25, -0.2) is 4.39 Å². The normalized spacial score (nSPS) is 15.5. The monoisotopic (exact) mass is 349 g/mol. The van der Waals surface area contributed by atoms with Gasteiger partial charge in [-0.15, -0.1) is 0 Å². The van der Waals surface area contributed by atoms with Crippen LogP contribution in [0.5, 0.6) is 5.75 Å². The van der Waals surface area contributed by atoms with E-state index in [1.165, 1.54) is 6.07 Å². The van der Waals surface area contributed by atoms with E-state index in [4.69, 9.17) is 16.3 Å². The van der Waals surface area contributed by atoms with E-state index in [0.29, 0.717) is 35.5 Å². The van der Waals surface area contributed by atoms with Crippen molar-refractivity contribution in [2.24, 2.45) is 0 Å². The van der Waals surface area contributed by atoms with Crippen LogP contribution in [0.3, 0.4) is 0 Å². The van der Waals surface area contributed by atoms with Crippen molar-refractivity contribution in [2.45, 2.75) is 31.5 Å². The highest BCUT2D eigenvalue weighted by atomic mass is 35.5. The van der Waals surface area contributed by atoms with Crippen molar-refractivity contribution in [1.29, 1.82) is 0 Å². The van der Waals surface area contributed by atoms with E-state index < -0.39 is 6.10 Å². The highest BCUT2D eigenvalue weighted by Crippen LogP contribution is 2.29. The Labute approximate surface area is 146 Å². The van der Waals surface area contributed by atoms with E-state index in [-0.39, 0.29) is 12.4 Å². The molecule has 5 heteroatoms. The van der Waals surface area contributed by atoms with Crippen LogP contribution in [0.2, 0.25) is 5.02 Å². The summed E-state index contributed by atoms with van der Waals surface area (Å²) in [5.74, 6) is 0.473. The minimum absolute atomic E-state index is 0.197. The van der Waals surface area contributed by atoms with Crippen LogP contribution in [0.4, 0.5) is 4.39 Å². The van der Waals surface area contributed by atoms with Crippen LogP contribution < -0.4 is 4.74 Å². The van der Waals surface area contributed by atoms with Crippen molar-refractivity contribution in [3.63, 3.8) is 0 Å². The molecule has 0 amide bonds. The Hall–Kier alpha value is -1.62. The molecule has 1 aliphatic carbocycles. The van der Waals surface area contributed by atoms with Gasteiger partial charge < -0.3 is 9.84 Å². The highest BCUT2D eigenvalue weighted by Gasteiger charge is 2.30. The molecule has 3 rings (SSSR count). The van der Waals surface area contributed by atoms with Crippen LogP contribution in [0.1, 0.15) is 18.4 Å². The van der Waals surface area contributed by atoms with Gasteiger partial charge in [0.2, 0.25) is 0 Å². The van der Waals surface area contributed by atoms with E-state index in [1.807, 2.05) is 6.07 Å². The number of rotatable bonds is 8. The number of hydrogen-bond acceptors (Lipinski definition) is 3. The number of aliphatic hydroxyl groups excluding tert-OH is 1. The molecule has 0 spiro atoms. The van der Waals surface area contributed by atoms with E-state index in [0.717, 1.165) is 12.8 Å². The zero-order valence-electron chi connectivity index (χ0n) is 13.4. The molecule has 0 aromatic heterocycles. The Morgan fingerprint density at radius 1 is 1.17 bits per heavy atom. The van der Waals surface area contributed by atoms with E-state index in [1.54, 1.807) is 36.4 Å². The van der Waals surface area contributed by atoms with Crippen LogP contribution >= 0.6 is 11.6 Å². The fourth-order valence-electron chi connectivity index (χ4n) is 2.67. The Morgan fingerprint density at radius 3 is 2.54 bits per heavy atom. The summed E-state index contributed by atoms with van der Waals surface area (Å²) in [7, 11) is 0. The molecular weight excluding hydrogens is 329 g/mol. The number of halogens is 2. The predicted octanol–water partition coefficient (Wildman–Crippen LogP) is 3.88. The summed E-state index contributed by atoms with van der Waals surface area (Å²) < 4.78 is 19.4. The molecule has 1 saturated carbocycles. The van der Waals surface area contributed by atoms with Gasteiger partial charge in [-0.1, -0.05) is 29.8 Å². The van der Waals surface area contributed by atoms with Gasteiger partial charge in [0.1, 0.15) is 24.3 Å². The zero-order valence-corrected chi connectivity index (χ0v) is 14.1. The summed E-state index contributed by atoms with van der Waals surface area (Å²) in [6.45, 7) is 1.17. The molecular formula is C19H21ClFNO2. The first-order chi connectivity index (χ1) is 11.6. The maximum Gasteiger partial charge on any atom is 0.127 e. The lowest BCUT2D eigenvalue weighted by Crippen LogP contribution is -2.36. The molecule has 2 aromatic carbocycles. The van der Waals surface area contributed by atoms with Crippen LogP contribution in [-0.2, 0) is 6.54 Å². The molecule has 3 nitrogen and oxygen atoms in total. The van der Waals surface area contributed by atoms with Gasteiger partial charge in [-0.05, 0) is 43.2 Å². The molecule has 24 heavy (non-hydrogen) atoms. The standard InChI is InChI=1S/C19H21ClFNO2/c20-15-5-9-18(10-6-15)24-13-17(23)12-22(16-7-8-16)11-14-3-1-2-4-19(14)21/h1-6,9-10,16-17,23H,7-8,11-13H2. The van der Waals surface area contributed by atoms with Gasteiger partial charge in [0.15, 0.2) is 0 Å². The molecule has 1 fully saturated rings. The van der Waals surface area contributed by atoms with Crippen molar-refractivity contribution in [3.8, 4) is 5.75 Å². The van der Waals surface area contributed by atoms with Gasteiger partial charge in [-0.2, -0.15) is 0 Å². The number of ether oxygens (including phenoxy) is 1. The lowest BCUT2D eigenvalue weighted by Gasteiger charge is -2.25. The molecule has 0 heterocycles. The van der Waals surface area contributed by atoms with Crippen LogP contribution in [-0.4, -0.2) is 35.3 Å². The van der Waals surface area contributed by atoms with Gasteiger partial charge in [0, 0.05) is 29.7 Å². The summed E-state index contributed by atoms with van der Waals surface area (Å²) in [4.78, 5) is 2.13. The van der Waals surface area contributed by atoms with Crippen molar-refractivity contribution in [2.75, 3.05) is 13.2 Å². The van der Waals surface area contributed by atoms with E-state index >= 15 is 0 Å². The molecule has 1 N–H and O–H groups in total. The first kappa shape index (κ1) is 17.2. The second kappa shape index (κ2) is 7.97. The number of benzene rings is 2. The predicted molar refractivity (Wildman–Crippen MR) is 92.8 cm³/mol. The van der Waals surface area contributed by atoms with Crippen LogP contribution in [0.25, 0.3) is 0 Å². The Bertz CT molecular complexity index is 661. The van der Waals surface area contributed by atoms with Crippen molar-refractivity contribution < 1.29 is 14.2 Å². The molecule has 0 radical (unpaired) electrons. The largest absolute Gasteiger partial charge is 0.491 e. The average molecular weight is 350 g/mol. The fourth-order valence-corrected chi connectivity index (χ4v) is 2.80. The molecule has 0 saturated heterocycles. The van der Waals surface area contributed by atoms with Gasteiger partial charge in [0.25, 0.3) is 0 Å². The highest BCUT2D eigenvalue weighted by molar-refractivity contribution is 6.30. The molecule has 1 atom stereocenters. The summed E-state index contributed by atoms with van der Waals surface area (Å²) in [5, 5.41) is 10.9. The molecule has 2 aromatic rings. The lowest BCUT2D eigenvalue weighted by molar-refractivity contribution is 0.0622. The number of aliphatic hydroxyl groups is 1. The molecule has 0 aliphatic heterocycles. The topological polar surface area (TPSA) is 32.7 Å². The van der Waals surface area contributed by atoms with Crippen LogP contribution in [0.15, 0.2) is 48.5 Å². The smallest absolute Gasteiger partial charge is 0.127 e. The van der Waals surface area contributed by atoms with Gasteiger partial charge in [0.05, 0.1) is 0 Å². The zero-order chi connectivity index (χ0) is 16.9. The summed E-state index contributed by atoms with van der Waals surface area (Å²) >= 11 is 5.83. The fraction of sp³-hybridized carbons (Fsp3) is 0.368. The van der Waals surface area contributed by atoms with Crippen molar-refractivity contribution in [3.05, 3.63) is 64.9 Å². The Balaban J connectivity index is 1.53. The minimum Gasteiger partial charge on any atom is -0.491 e. The molecule has 1 unspecified atom stereocenters. The first-order valence-corrected chi connectivity index (χ1v) is 8.53. The SMILES string of the molecule is OC(COc1ccc(Cl)cc1)CN(Cc1ccccc1F)C1CC1. The quantitative estimate of drug-likeness (QED) is 0.785. The van der Waals surface area contributed by atoms with Crippen molar-refractivity contribution in [1.82, 2.24) is 4.90 Å². The lowest BCUT2D eigenvalue weighted by atomic mass is 10.2. The second-order valence-corrected chi connectivity index (χ2v) is 6.61. The third kappa shape index (κ3) is 4.94. The molecule has 128 valence electrons. The molecule has 0 bridgehead atoms. The summed E-state index contributed by atoms with van der Waals surface area (Å²) in [6, 6.07) is 14.3. The maximum atomic E-state index is 13.8. The second-order valence-electron chi connectivity index (χ2n) is 6.17. The minimum atomic E-state index is -0.631. The van der Waals surface area contributed by atoms with Crippen molar-refractivity contribution >= 4 is 11.6 Å². The van der Waals surface area contributed by atoms with E-state index in [9.17, 15) is 9.50 Å². The van der Waals surface area contributed by atoms with E-state index in [2.05, 4.69) is 4.90 Å². The van der Waals surface area contributed by atoms with Crippen LogP contribution in [0, 0.1) is 5.82 Å².